The van der Waals surface area contributed by atoms with E-state index in [1.165, 1.54) is 25.0 Å². The van der Waals surface area contributed by atoms with Crippen molar-refractivity contribution in [3.63, 3.8) is 0 Å². The Bertz CT molecular complexity index is 720. The first kappa shape index (κ1) is 17.2. The molecule has 0 aromatic heterocycles. The smallest absolute Gasteiger partial charge is 0.317 e. The maximum atomic E-state index is 11.1. The minimum Gasteiger partial charge on any atom is -0.480 e. The fourth-order valence-electron chi connectivity index (χ4n) is 3.24. The quantitative estimate of drug-likeness (QED) is 0.548. The molecule has 132 valence electrons. The summed E-state index contributed by atoms with van der Waals surface area (Å²) in [4.78, 5) is 23.4. The number of aliphatic carboxylic acids is 1. The second-order valence-electron chi connectivity index (χ2n) is 6.83. The number of hydrogen-bond acceptors (Lipinski definition) is 6. The van der Waals surface area contributed by atoms with Crippen molar-refractivity contribution in [2.24, 2.45) is 5.92 Å². The Morgan fingerprint density at radius 1 is 1.44 bits per heavy atom. The summed E-state index contributed by atoms with van der Waals surface area (Å²) in [7, 11) is 0. The third kappa shape index (κ3) is 4.25. The first-order chi connectivity index (χ1) is 12.0. The van der Waals surface area contributed by atoms with Gasteiger partial charge in [-0.05, 0) is 37.7 Å². The number of non-ortho nitro benzene ring substituents is 1. The standard InChI is InChI=1S/C17H20N4O4/c18-8-12-5-14(21(24)25)3-4-16(12)19-13-6-15(7-13)20(10-17(22)23)9-11-1-2-11/h3-5,11,13,15,19H,1-2,6-7,9-10H2,(H,22,23). The lowest BCUT2D eigenvalue weighted by Crippen LogP contribution is -2.52. The summed E-state index contributed by atoms with van der Waals surface area (Å²) in [6.07, 6.45) is 3.97. The molecule has 2 aliphatic carbocycles. The Labute approximate surface area is 145 Å². The van der Waals surface area contributed by atoms with E-state index in [1.807, 2.05) is 11.0 Å². The molecule has 3 rings (SSSR count). The number of carboxylic acid groups (broad SMARTS) is 1. The van der Waals surface area contributed by atoms with Gasteiger partial charge in [0.2, 0.25) is 0 Å². The molecule has 2 fully saturated rings. The number of nitrogens with one attached hydrogen (secondary N) is 1. The van der Waals surface area contributed by atoms with Crippen molar-refractivity contribution in [1.29, 1.82) is 5.26 Å². The molecule has 0 saturated heterocycles. The topological polar surface area (TPSA) is 119 Å². The summed E-state index contributed by atoms with van der Waals surface area (Å²) in [6.45, 7) is 0.902. The fraction of sp³-hybridized carbons (Fsp3) is 0.529. The minimum absolute atomic E-state index is 0.0643. The van der Waals surface area contributed by atoms with Crippen molar-refractivity contribution < 1.29 is 14.8 Å². The van der Waals surface area contributed by atoms with Crippen LogP contribution in [0.4, 0.5) is 11.4 Å². The molecule has 8 heteroatoms. The number of hydrogen-bond donors (Lipinski definition) is 2. The van der Waals surface area contributed by atoms with E-state index in [2.05, 4.69) is 5.32 Å². The first-order valence-electron chi connectivity index (χ1n) is 8.37. The molecule has 0 amide bonds. The van der Waals surface area contributed by atoms with Crippen LogP contribution in [0.1, 0.15) is 31.2 Å². The average molecular weight is 344 g/mol. The number of carboxylic acids is 1. The van der Waals surface area contributed by atoms with Gasteiger partial charge in [0.25, 0.3) is 5.69 Å². The Morgan fingerprint density at radius 3 is 2.72 bits per heavy atom. The lowest BCUT2D eigenvalue weighted by atomic mass is 9.84. The molecule has 2 aliphatic rings. The number of nitrogens with zero attached hydrogens (tertiary/aromatic N) is 3. The lowest BCUT2D eigenvalue weighted by Gasteiger charge is -2.43. The number of anilines is 1. The van der Waals surface area contributed by atoms with E-state index >= 15 is 0 Å². The van der Waals surface area contributed by atoms with Crippen LogP contribution in [0, 0.1) is 27.4 Å². The third-order valence-corrected chi connectivity index (χ3v) is 4.85. The van der Waals surface area contributed by atoms with Crippen molar-refractivity contribution >= 4 is 17.3 Å². The van der Waals surface area contributed by atoms with Gasteiger partial charge in [0.1, 0.15) is 6.07 Å². The average Bonchev–Trinajstić information content (AvgIpc) is 3.33. The summed E-state index contributed by atoms with van der Waals surface area (Å²) < 4.78 is 0. The van der Waals surface area contributed by atoms with E-state index in [9.17, 15) is 20.2 Å². The largest absolute Gasteiger partial charge is 0.480 e. The predicted octanol–water partition coefficient (Wildman–Crippen LogP) is 2.21. The van der Waals surface area contributed by atoms with Gasteiger partial charge in [-0.1, -0.05) is 0 Å². The number of rotatable bonds is 8. The highest BCUT2D eigenvalue weighted by Crippen LogP contribution is 2.35. The molecule has 1 aromatic carbocycles. The monoisotopic (exact) mass is 344 g/mol. The van der Waals surface area contributed by atoms with Crippen LogP contribution in [0.15, 0.2) is 18.2 Å². The van der Waals surface area contributed by atoms with E-state index in [4.69, 9.17) is 5.11 Å². The number of benzene rings is 1. The molecule has 0 spiro atoms. The summed E-state index contributed by atoms with van der Waals surface area (Å²) in [5.41, 5.74) is 0.729. The summed E-state index contributed by atoms with van der Waals surface area (Å²) in [5, 5.41) is 32.3. The summed E-state index contributed by atoms with van der Waals surface area (Å²) >= 11 is 0. The zero-order valence-electron chi connectivity index (χ0n) is 13.7. The van der Waals surface area contributed by atoms with Gasteiger partial charge in [-0.15, -0.1) is 0 Å². The van der Waals surface area contributed by atoms with Gasteiger partial charge in [-0.25, -0.2) is 0 Å². The number of carbonyl (C=O) groups is 1. The highest BCUT2D eigenvalue weighted by molar-refractivity contribution is 5.69. The Hall–Kier alpha value is -2.66. The van der Waals surface area contributed by atoms with Crippen LogP contribution in [0.2, 0.25) is 0 Å². The second-order valence-corrected chi connectivity index (χ2v) is 6.83. The van der Waals surface area contributed by atoms with Crippen LogP contribution in [-0.2, 0) is 4.79 Å². The van der Waals surface area contributed by atoms with Crippen molar-refractivity contribution in [2.75, 3.05) is 18.4 Å². The van der Waals surface area contributed by atoms with Gasteiger partial charge >= 0.3 is 5.97 Å². The molecular weight excluding hydrogens is 324 g/mol. The predicted molar refractivity (Wildman–Crippen MR) is 90.2 cm³/mol. The van der Waals surface area contributed by atoms with Gasteiger partial charge in [-0.2, -0.15) is 5.26 Å². The fourth-order valence-corrected chi connectivity index (χ4v) is 3.24. The molecule has 1 aromatic rings. The van der Waals surface area contributed by atoms with Gasteiger partial charge in [0, 0.05) is 30.8 Å². The number of nitriles is 1. The molecule has 0 heterocycles. The molecule has 0 atom stereocenters. The van der Waals surface area contributed by atoms with Gasteiger partial charge < -0.3 is 10.4 Å². The van der Waals surface area contributed by atoms with E-state index in [-0.39, 0.29) is 29.9 Å². The second kappa shape index (κ2) is 7.07. The lowest BCUT2D eigenvalue weighted by molar-refractivity contribution is -0.384. The summed E-state index contributed by atoms with van der Waals surface area (Å²) in [5.74, 6) is -0.176. The highest BCUT2D eigenvalue weighted by Gasteiger charge is 2.37. The molecule has 2 saturated carbocycles. The van der Waals surface area contributed by atoms with Crippen molar-refractivity contribution in [3.05, 3.63) is 33.9 Å². The molecular formula is C17H20N4O4. The number of nitro benzene ring substituents is 1. The molecule has 8 nitrogen and oxygen atoms in total. The van der Waals surface area contributed by atoms with Crippen LogP contribution >= 0.6 is 0 Å². The molecule has 25 heavy (non-hydrogen) atoms. The maximum Gasteiger partial charge on any atom is 0.317 e. The van der Waals surface area contributed by atoms with Gasteiger partial charge in [-0.3, -0.25) is 19.8 Å². The summed E-state index contributed by atoms with van der Waals surface area (Å²) in [6, 6.07) is 6.57. The van der Waals surface area contributed by atoms with E-state index in [0.29, 0.717) is 11.6 Å². The minimum atomic E-state index is -0.806. The van der Waals surface area contributed by atoms with E-state index in [0.717, 1.165) is 19.4 Å². The Kier molecular flexibility index (Phi) is 4.86. The normalized spacial score (nSPS) is 22.1. The molecule has 0 aliphatic heterocycles. The van der Waals surface area contributed by atoms with Crippen molar-refractivity contribution in [2.45, 2.75) is 37.8 Å². The zero-order valence-corrected chi connectivity index (χ0v) is 13.7. The Morgan fingerprint density at radius 2 is 2.16 bits per heavy atom. The first-order valence-corrected chi connectivity index (χ1v) is 8.37. The van der Waals surface area contributed by atoms with E-state index in [1.54, 1.807) is 6.07 Å². The zero-order chi connectivity index (χ0) is 18.0. The maximum absolute atomic E-state index is 11.1. The third-order valence-electron chi connectivity index (χ3n) is 4.85. The van der Waals surface area contributed by atoms with Crippen molar-refractivity contribution in [1.82, 2.24) is 4.90 Å². The molecule has 0 unspecified atom stereocenters. The molecule has 0 radical (unpaired) electrons. The van der Waals surface area contributed by atoms with Crippen LogP contribution in [-0.4, -0.2) is 46.1 Å². The SMILES string of the molecule is N#Cc1cc([N+](=O)[O-])ccc1NC1CC(N(CC(=O)O)CC2CC2)C1. The molecule has 2 N–H and O–H groups in total. The molecule has 0 bridgehead atoms. The van der Waals surface area contributed by atoms with Gasteiger partial charge in [0.15, 0.2) is 0 Å². The van der Waals surface area contributed by atoms with Gasteiger partial charge in [0.05, 0.1) is 22.7 Å². The van der Waals surface area contributed by atoms with Crippen LogP contribution < -0.4 is 5.32 Å². The Balaban J connectivity index is 1.58. The van der Waals surface area contributed by atoms with Crippen molar-refractivity contribution in [3.8, 4) is 6.07 Å². The number of nitro groups is 1. The van der Waals surface area contributed by atoms with Crippen LogP contribution in [0.5, 0.6) is 0 Å². The highest BCUT2D eigenvalue weighted by atomic mass is 16.6. The van der Waals surface area contributed by atoms with E-state index < -0.39 is 10.9 Å². The van der Waals surface area contributed by atoms with Crippen LogP contribution in [0.25, 0.3) is 0 Å². The van der Waals surface area contributed by atoms with Crippen LogP contribution in [0.3, 0.4) is 0 Å².